The lowest BCUT2D eigenvalue weighted by molar-refractivity contribution is 0.0980. The summed E-state index contributed by atoms with van der Waals surface area (Å²) in [6, 6.07) is 6.83. The second-order valence-electron chi connectivity index (χ2n) is 3.14. The minimum Gasteiger partial charge on any atom is -0.294 e. The Labute approximate surface area is 83.4 Å². The molecular formula is C11H13N2O+. The highest BCUT2D eigenvalue weighted by molar-refractivity contribution is 6.01. The summed E-state index contributed by atoms with van der Waals surface area (Å²) in [5.41, 5.74) is 0.858. The molecule has 1 rings (SSSR count). The lowest BCUT2D eigenvalue weighted by Crippen LogP contribution is -1.98. The van der Waals surface area contributed by atoms with Crippen molar-refractivity contribution in [2.45, 2.75) is 26.2 Å². The van der Waals surface area contributed by atoms with E-state index in [0.29, 0.717) is 17.7 Å². The SMILES string of the molecule is CCCCC(=O)c1ccccc1[N+]#N. The molecule has 3 nitrogen and oxygen atoms in total. The number of benzene rings is 1. The van der Waals surface area contributed by atoms with Crippen LogP contribution < -0.4 is 0 Å². The summed E-state index contributed by atoms with van der Waals surface area (Å²) in [4.78, 5) is 14.7. The highest BCUT2D eigenvalue weighted by atomic mass is 16.1. The number of rotatable bonds is 4. The zero-order chi connectivity index (χ0) is 10.4. The zero-order valence-corrected chi connectivity index (χ0v) is 8.23. The van der Waals surface area contributed by atoms with Crippen molar-refractivity contribution in [2.75, 3.05) is 0 Å². The lowest BCUT2D eigenvalue weighted by Gasteiger charge is -1.95. The van der Waals surface area contributed by atoms with Gasteiger partial charge in [0.05, 0.1) is 0 Å². The summed E-state index contributed by atoms with van der Waals surface area (Å²) in [6.07, 6.45) is 2.38. The maximum absolute atomic E-state index is 11.6. The van der Waals surface area contributed by atoms with E-state index in [2.05, 4.69) is 4.98 Å². The first kappa shape index (κ1) is 10.4. The average molecular weight is 189 g/mol. The Morgan fingerprint density at radius 3 is 2.79 bits per heavy atom. The molecule has 0 spiro atoms. The van der Waals surface area contributed by atoms with Crippen molar-refractivity contribution in [2.24, 2.45) is 0 Å². The largest absolute Gasteiger partial charge is 0.395 e. The summed E-state index contributed by atoms with van der Waals surface area (Å²) < 4.78 is 0. The minimum atomic E-state index is 0.0419. The second-order valence-corrected chi connectivity index (χ2v) is 3.14. The van der Waals surface area contributed by atoms with Gasteiger partial charge in [0.25, 0.3) is 0 Å². The zero-order valence-electron chi connectivity index (χ0n) is 8.23. The first-order chi connectivity index (χ1) is 6.79. The van der Waals surface area contributed by atoms with Gasteiger partial charge in [-0.2, -0.15) is 0 Å². The van der Waals surface area contributed by atoms with Crippen LogP contribution in [0.1, 0.15) is 36.5 Å². The molecule has 0 atom stereocenters. The van der Waals surface area contributed by atoms with Gasteiger partial charge in [-0.05, 0) is 12.5 Å². The quantitative estimate of drug-likeness (QED) is 0.537. The first-order valence-corrected chi connectivity index (χ1v) is 4.77. The molecule has 0 saturated heterocycles. The maximum Gasteiger partial charge on any atom is 0.395 e. The van der Waals surface area contributed by atoms with Crippen LogP contribution in [0.5, 0.6) is 0 Å². The topological polar surface area (TPSA) is 45.2 Å². The second kappa shape index (κ2) is 5.13. The highest BCUT2D eigenvalue weighted by Crippen LogP contribution is 2.20. The number of Topliss-reactive ketones (excluding diaryl/α,β-unsaturated/α-hetero) is 1. The Morgan fingerprint density at radius 2 is 2.14 bits per heavy atom. The summed E-state index contributed by atoms with van der Waals surface area (Å²) >= 11 is 0. The average Bonchev–Trinajstić information content (AvgIpc) is 2.25. The predicted molar refractivity (Wildman–Crippen MR) is 55.0 cm³/mol. The van der Waals surface area contributed by atoms with E-state index in [9.17, 15) is 4.79 Å². The molecule has 72 valence electrons. The number of carbonyl (C=O) groups is 1. The van der Waals surface area contributed by atoms with Crippen LogP contribution in [0.4, 0.5) is 5.69 Å². The Morgan fingerprint density at radius 1 is 1.43 bits per heavy atom. The monoisotopic (exact) mass is 189 g/mol. The Kier molecular flexibility index (Phi) is 3.81. The molecule has 0 heterocycles. The summed E-state index contributed by atoms with van der Waals surface area (Å²) in [6.45, 7) is 2.04. The van der Waals surface area contributed by atoms with Crippen LogP contribution in [0.3, 0.4) is 0 Å². The maximum atomic E-state index is 11.6. The fourth-order valence-electron chi connectivity index (χ4n) is 1.27. The van der Waals surface area contributed by atoms with Crippen LogP contribution in [-0.4, -0.2) is 5.78 Å². The van der Waals surface area contributed by atoms with Crippen molar-refractivity contribution < 1.29 is 4.79 Å². The number of unbranched alkanes of at least 4 members (excludes halogenated alkanes) is 1. The predicted octanol–water partition coefficient (Wildman–Crippen LogP) is 3.54. The number of nitrogens with zero attached hydrogens (tertiary/aromatic N) is 2. The van der Waals surface area contributed by atoms with Crippen molar-refractivity contribution in [3.8, 4) is 0 Å². The molecule has 0 N–H and O–H groups in total. The highest BCUT2D eigenvalue weighted by Gasteiger charge is 2.18. The van der Waals surface area contributed by atoms with Gasteiger partial charge < -0.3 is 0 Å². The molecule has 0 aliphatic heterocycles. The van der Waals surface area contributed by atoms with E-state index in [-0.39, 0.29) is 5.78 Å². The molecule has 0 amide bonds. The number of carbonyl (C=O) groups excluding carboxylic acids is 1. The molecule has 14 heavy (non-hydrogen) atoms. The Hall–Kier alpha value is -1.69. The third-order valence-corrected chi connectivity index (χ3v) is 2.07. The van der Waals surface area contributed by atoms with Gasteiger partial charge >= 0.3 is 5.69 Å². The fraction of sp³-hybridized carbons (Fsp3) is 0.364. The van der Waals surface area contributed by atoms with Crippen molar-refractivity contribution in [1.82, 2.24) is 0 Å². The first-order valence-electron chi connectivity index (χ1n) is 4.77. The molecule has 3 heteroatoms. The van der Waals surface area contributed by atoms with E-state index in [1.165, 1.54) is 0 Å². The molecule has 0 aliphatic carbocycles. The third kappa shape index (κ3) is 2.40. The van der Waals surface area contributed by atoms with Crippen LogP contribution in [0, 0.1) is 5.39 Å². The standard InChI is InChI=1S/C11H13N2O/c1-2-3-8-11(14)9-6-4-5-7-10(9)13-12/h4-7H,2-3,8H2,1H3/q+1. The number of ketones is 1. The van der Waals surface area contributed by atoms with E-state index in [1.54, 1.807) is 24.3 Å². The summed E-state index contributed by atoms with van der Waals surface area (Å²) in [5.74, 6) is 0.0419. The molecule has 0 bridgehead atoms. The van der Waals surface area contributed by atoms with E-state index < -0.39 is 0 Å². The van der Waals surface area contributed by atoms with Crippen molar-refractivity contribution in [1.29, 1.82) is 5.39 Å². The molecular weight excluding hydrogens is 176 g/mol. The lowest BCUT2D eigenvalue weighted by atomic mass is 10.0. The molecule has 0 radical (unpaired) electrons. The van der Waals surface area contributed by atoms with Crippen molar-refractivity contribution in [3.05, 3.63) is 34.8 Å². The molecule has 1 aromatic rings. The number of diazo groups is 1. The fourth-order valence-corrected chi connectivity index (χ4v) is 1.27. The summed E-state index contributed by atoms with van der Waals surface area (Å²) in [5, 5.41) is 8.67. The van der Waals surface area contributed by atoms with Gasteiger partial charge in [0.1, 0.15) is 5.56 Å². The van der Waals surface area contributed by atoms with Gasteiger partial charge in [0.2, 0.25) is 5.39 Å². The van der Waals surface area contributed by atoms with Crippen LogP contribution in [-0.2, 0) is 0 Å². The molecule has 1 aromatic carbocycles. The van der Waals surface area contributed by atoms with Crippen LogP contribution >= 0.6 is 0 Å². The smallest absolute Gasteiger partial charge is 0.294 e. The van der Waals surface area contributed by atoms with E-state index in [1.807, 2.05) is 6.92 Å². The van der Waals surface area contributed by atoms with Gasteiger partial charge in [0.15, 0.2) is 10.8 Å². The van der Waals surface area contributed by atoms with Crippen molar-refractivity contribution >= 4 is 11.5 Å². The van der Waals surface area contributed by atoms with Gasteiger partial charge in [0, 0.05) is 12.5 Å². The molecule has 0 aliphatic rings. The molecule has 0 unspecified atom stereocenters. The van der Waals surface area contributed by atoms with Crippen LogP contribution in [0.2, 0.25) is 0 Å². The minimum absolute atomic E-state index is 0.0419. The van der Waals surface area contributed by atoms with Gasteiger partial charge in [-0.15, -0.1) is 0 Å². The van der Waals surface area contributed by atoms with Crippen LogP contribution in [0.15, 0.2) is 24.3 Å². The van der Waals surface area contributed by atoms with E-state index in [4.69, 9.17) is 5.39 Å². The number of hydrogen-bond acceptors (Lipinski definition) is 2. The Balaban J connectivity index is 2.85. The summed E-state index contributed by atoms with van der Waals surface area (Å²) in [7, 11) is 0. The molecule has 0 saturated carbocycles. The number of hydrogen-bond donors (Lipinski definition) is 0. The van der Waals surface area contributed by atoms with Crippen molar-refractivity contribution in [3.63, 3.8) is 0 Å². The van der Waals surface area contributed by atoms with Crippen LogP contribution in [0.25, 0.3) is 4.98 Å². The molecule has 0 fully saturated rings. The van der Waals surface area contributed by atoms with E-state index >= 15 is 0 Å². The molecule has 0 aromatic heterocycles. The Bertz CT molecular complexity index is 366. The van der Waals surface area contributed by atoms with E-state index in [0.717, 1.165) is 12.8 Å². The van der Waals surface area contributed by atoms with Gasteiger partial charge in [-0.3, -0.25) is 4.79 Å². The normalized spacial score (nSPS) is 9.43. The van der Waals surface area contributed by atoms with Gasteiger partial charge in [-0.1, -0.05) is 25.5 Å². The van der Waals surface area contributed by atoms with Gasteiger partial charge in [-0.25, -0.2) is 0 Å². The third-order valence-electron chi connectivity index (χ3n) is 2.07.